The summed E-state index contributed by atoms with van der Waals surface area (Å²) in [5, 5.41) is 12.4. The van der Waals surface area contributed by atoms with E-state index in [2.05, 4.69) is 10.1 Å². The van der Waals surface area contributed by atoms with Gasteiger partial charge in [0.2, 0.25) is 0 Å². The van der Waals surface area contributed by atoms with Crippen LogP contribution >= 0.6 is 11.8 Å². The predicted molar refractivity (Wildman–Crippen MR) is 73.9 cm³/mol. The van der Waals surface area contributed by atoms with E-state index in [1.165, 1.54) is 11.8 Å². The third kappa shape index (κ3) is 3.38. The average molecular weight is 275 g/mol. The minimum Gasteiger partial charge on any atom is -0.497 e. The van der Waals surface area contributed by atoms with Gasteiger partial charge in [0.15, 0.2) is 5.84 Å². The molecule has 0 fully saturated rings. The molecule has 0 spiro atoms. The Kier molecular flexibility index (Phi) is 4.25. The van der Waals surface area contributed by atoms with Crippen molar-refractivity contribution in [3.63, 3.8) is 0 Å². The van der Waals surface area contributed by atoms with Crippen LogP contribution in [0.25, 0.3) is 0 Å². The smallest absolute Gasteiger partial charge is 0.170 e. The summed E-state index contributed by atoms with van der Waals surface area (Å²) in [7, 11) is 1.63. The highest BCUT2D eigenvalue weighted by Crippen LogP contribution is 2.27. The van der Waals surface area contributed by atoms with Crippen LogP contribution in [0.1, 0.15) is 5.56 Å². The monoisotopic (exact) mass is 275 g/mol. The number of rotatable bonds is 4. The van der Waals surface area contributed by atoms with E-state index >= 15 is 0 Å². The molecule has 0 aliphatic rings. The topological polar surface area (TPSA) is 80.7 Å². The third-order valence-electron chi connectivity index (χ3n) is 2.42. The SMILES string of the molecule is COc1ccc(Sc2cc(/C(N)=N/O)ccn2)cc1. The Morgan fingerprint density at radius 2 is 2.05 bits per heavy atom. The van der Waals surface area contributed by atoms with Crippen molar-refractivity contribution in [3.8, 4) is 5.75 Å². The van der Waals surface area contributed by atoms with Crippen LogP contribution < -0.4 is 10.5 Å². The molecular weight excluding hydrogens is 262 g/mol. The van der Waals surface area contributed by atoms with E-state index in [0.717, 1.165) is 15.7 Å². The third-order valence-corrected chi connectivity index (χ3v) is 3.36. The first-order chi connectivity index (χ1) is 9.22. The summed E-state index contributed by atoms with van der Waals surface area (Å²) >= 11 is 1.49. The molecule has 0 amide bonds. The maximum atomic E-state index is 8.65. The van der Waals surface area contributed by atoms with Crippen LogP contribution in [-0.2, 0) is 0 Å². The maximum Gasteiger partial charge on any atom is 0.170 e. The number of amidine groups is 1. The first-order valence-corrected chi connectivity index (χ1v) is 6.30. The number of aromatic nitrogens is 1. The van der Waals surface area contributed by atoms with Crippen molar-refractivity contribution < 1.29 is 9.94 Å². The molecule has 0 unspecified atom stereocenters. The number of hydrogen-bond donors (Lipinski definition) is 2. The summed E-state index contributed by atoms with van der Waals surface area (Å²) in [6.45, 7) is 0. The molecule has 98 valence electrons. The van der Waals surface area contributed by atoms with Crippen molar-refractivity contribution in [1.29, 1.82) is 0 Å². The van der Waals surface area contributed by atoms with Gasteiger partial charge in [-0.15, -0.1) is 0 Å². The molecule has 5 nitrogen and oxygen atoms in total. The molecule has 2 aromatic rings. The normalized spacial score (nSPS) is 11.3. The van der Waals surface area contributed by atoms with Crippen LogP contribution in [0.3, 0.4) is 0 Å². The molecule has 1 aromatic heterocycles. The molecule has 0 aliphatic heterocycles. The molecule has 0 radical (unpaired) electrons. The highest BCUT2D eigenvalue weighted by Gasteiger charge is 2.04. The van der Waals surface area contributed by atoms with Crippen LogP contribution in [0.5, 0.6) is 5.75 Å². The fourth-order valence-corrected chi connectivity index (χ4v) is 2.26. The molecule has 0 bridgehead atoms. The number of benzene rings is 1. The summed E-state index contributed by atoms with van der Waals surface area (Å²) in [5.41, 5.74) is 6.17. The van der Waals surface area contributed by atoms with Gasteiger partial charge in [-0.25, -0.2) is 4.98 Å². The van der Waals surface area contributed by atoms with Gasteiger partial charge in [0.25, 0.3) is 0 Å². The second-order valence-corrected chi connectivity index (χ2v) is 4.74. The van der Waals surface area contributed by atoms with Gasteiger partial charge in [0, 0.05) is 16.7 Å². The highest BCUT2D eigenvalue weighted by atomic mass is 32.2. The zero-order chi connectivity index (χ0) is 13.7. The van der Waals surface area contributed by atoms with Crippen molar-refractivity contribution in [1.82, 2.24) is 4.98 Å². The predicted octanol–water partition coefficient (Wildman–Crippen LogP) is 2.34. The molecule has 19 heavy (non-hydrogen) atoms. The summed E-state index contributed by atoms with van der Waals surface area (Å²) in [4.78, 5) is 5.27. The lowest BCUT2D eigenvalue weighted by Crippen LogP contribution is -2.13. The van der Waals surface area contributed by atoms with E-state index in [0.29, 0.717) is 5.56 Å². The molecule has 0 atom stereocenters. The van der Waals surface area contributed by atoms with E-state index < -0.39 is 0 Å². The van der Waals surface area contributed by atoms with Gasteiger partial charge in [-0.1, -0.05) is 16.9 Å². The Morgan fingerprint density at radius 3 is 2.68 bits per heavy atom. The standard InChI is InChI=1S/C13H13N3O2S/c1-18-10-2-4-11(5-3-10)19-12-8-9(6-7-15-12)13(14)16-17/h2-8,17H,1H3,(H2,14,16). The van der Waals surface area contributed by atoms with Gasteiger partial charge in [-0.2, -0.15) is 0 Å². The Balaban J connectivity index is 2.18. The van der Waals surface area contributed by atoms with E-state index in [1.54, 1.807) is 25.4 Å². The molecule has 0 saturated heterocycles. The average Bonchev–Trinajstić information content (AvgIpc) is 2.47. The lowest BCUT2D eigenvalue weighted by atomic mass is 10.2. The van der Waals surface area contributed by atoms with Crippen molar-refractivity contribution >= 4 is 17.6 Å². The number of oxime groups is 1. The van der Waals surface area contributed by atoms with Crippen molar-refractivity contribution in [2.24, 2.45) is 10.9 Å². The molecule has 1 heterocycles. The van der Waals surface area contributed by atoms with Crippen molar-refractivity contribution in [2.45, 2.75) is 9.92 Å². The minimum atomic E-state index is 0.0685. The van der Waals surface area contributed by atoms with Crippen LogP contribution in [0, 0.1) is 0 Å². The molecule has 0 saturated carbocycles. The number of nitrogens with two attached hydrogens (primary N) is 1. The summed E-state index contributed by atoms with van der Waals surface area (Å²) < 4.78 is 5.10. The van der Waals surface area contributed by atoms with E-state index in [-0.39, 0.29) is 5.84 Å². The second kappa shape index (κ2) is 6.10. The van der Waals surface area contributed by atoms with Gasteiger partial charge in [0.1, 0.15) is 10.8 Å². The number of methoxy groups -OCH3 is 1. The maximum absolute atomic E-state index is 8.65. The molecule has 6 heteroatoms. The van der Waals surface area contributed by atoms with Crippen LogP contribution in [-0.4, -0.2) is 23.1 Å². The lowest BCUT2D eigenvalue weighted by molar-refractivity contribution is 0.318. The molecular formula is C13H13N3O2S. The Hall–Kier alpha value is -2.21. The first-order valence-electron chi connectivity index (χ1n) is 5.49. The van der Waals surface area contributed by atoms with E-state index in [1.807, 2.05) is 24.3 Å². The van der Waals surface area contributed by atoms with Gasteiger partial charge >= 0.3 is 0 Å². The van der Waals surface area contributed by atoms with Crippen LogP contribution in [0.15, 0.2) is 57.7 Å². The summed E-state index contributed by atoms with van der Waals surface area (Å²) in [6.07, 6.45) is 1.62. The Bertz CT molecular complexity index is 585. The largest absolute Gasteiger partial charge is 0.497 e. The minimum absolute atomic E-state index is 0.0685. The van der Waals surface area contributed by atoms with E-state index in [9.17, 15) is 0 Å². The van der Waals surface area contributed by atoms with Gasteiger partial charge in [0.05, 0.1) is 7.11 Å². The zero-order valence-corrected chi connectivity index (χ0v) is 11.1. The zero-order valence-electron chi connectivity index (χ0n) is 10.3. The molecule has 0 aliphatic carbocycles. The van der Waals surface area contributed by atoms with Crippen molar-refractivity contribution in [2.75, 3.05) is 7.11 Å². The number of pyridine rings is 1. The number of hydrogen-bond acceptors (Lipinski definition) is 5. The fourth-order valence-electron chi connectivity index (χ4n) is 1.45. The quantitative estimate of drug-likeness (QED) is 0.387. The summed E-state index contributed by atoms with van der Waals surface area (Å²) in [6, 6.07) is 11.1. The Morgan fingerprint density at radius 1 is 1.32 bits per heavy atom. The van der Waals surface area contributed by atoms with E-state index in [4.69, 9.17) is 15.7 Å². The first kappa shape index (κ1) is 13.2. The number of ether oxygens (including phenoxy) is 1. The number of nitrogens with zero attached hydrogens (tertiary/aromatic N) is 2. The van der Waals surface area contributed by atoms with Crippen LogP contribution in [0.2, 0.25) is 0 Å². The fraction of sp³-hybridized carbons (Fsp3) is 0.0769. The van der Waals surface area contributed by atoms with Crippen LogP contribution in [0.4, 0.5) is 0 Å². The Labute approximate surface area is 115 Å². The molecule has 3 N–H and O–H groups in total. The van der Waals surface area contributed by atoms with Gasteiger partial charge < -0.3 is 15.7 Å². The molecule has 2 rings (SSSR count). The van der Waals surface area contributed by atoms with Gasteiger partial charge in [-0.3, -0.25) is 0 Å². The second-order valence-electron chi connectivity index (χ2n) is 3.65. The molecule has 1 aromatic carbocycles. The highest BCUT2D eigenvalue weighted by molar-refractivity contribution is 7.99. The lowest BCUT2D eigenvalue weighted by Gasteiger charge is -2.04. The van der Waals surface area contributed by atoms with Gasteiger partial charge in [-0.05, 0) is 36.4 Å². The summed E-state index contributed by atoms with van der Waals surface area (Å²) in [5.74, 6) is 0.877. The van der Waals surface area contributed by atoms with Crippen molar-refractivity contribution in [3.05, 3.63) is 48.2 Å².